The van der Waals surface area contributed by atoms with Gasteiger partial charge in [0.15, 0.2) is 0 Å². The maximum absolute atomic E-state index is 6.39. The van der Waals surface area contributed by atoms with Crippen LogP contribution < -0.4 is 0 Å². The van der Waals surface area contributed by atoms with Crippen molar-refractivity contribution in [3.05, 3.63) is 0 Å². The lowest BCUT2D eigenvalue weighted by Crippen LogP contribution is -2.51. The van der Waals surface area contributed by atoms with Gasteiger partial charge >= 0.3 is 0 Å². The summed E-state index contributed by atoms with van der Waals surface area (Å²) < 4.78 is -1.77. The lowest BCUT2D eigenvalue weighted by Gasteiger charge is -2.48. The van der Waals surface area contributed by atoms with E-state index >= 15 is 0 Å². The van der Waals surface area contributed by atoms with E-state index in [0.29, 0.717) is 11.8 Å². The van der Waals surface area contributed by atoms with Gasteiger partial charge in [-0.25, -0.2) is 0 Å². The minimum Gasteiger partial charge on any atom is -0.126 e. The van der Waals surface area contributed by atoms with Gasteiger partial charge in [0.25, 0.3) is 0 Å². The van der Waals surface area contributed by atoms with Gasteiger partial charge in [-0.05, 0) is 24.2 Å². The smallest absolute Gasteiger partial charge is 0.126 e. The van der Waals surface area contributed by atoms with Gasteiger partial charge in [-0.1, -0.05) is 13.8 Å². The van der Waals surface area contributed by atoms with Crippen LogP contribution in [-0.2, 0) is 0 Å². The summed E-state index contributed by atoms with van der Waals surface area (Å²) in [6.45, 7) is 4.05. The summed E-state index contributed by atoms with van der Waals surface area (Å²) in [7, 11) is 0. The highest BCUT2D eigenvalue weighted by Crippen LogP contribution is 2.79. The third kappa shape index (κ3) is 1.24. The van der Waals surface area contributed by atoms with Crippen LogP contribution in [0.5, 0.6) is 0 Å². The fourth-order valence-electron chi connectivity index (χ4n) is 3.30. The molecule has 0 aromatic carbocycles. The van der Waals surface area contributed by atoms with Gasteiger partial charge < -0.3 is 0 Å². The molecule has 15 heavy (non-hydrogen) atoms. The molecule has 1 atom stereocenters. The Kier molecular flexibility index (Phi) is 2.80. The quantitative estimate of drug-likeness (QED) is 0.597. The molecule has 5 heteroatoms. The molecule has 0 saturated heterocycles. The predicted molar refractivity (Wildman–Crippen MR) is 68.5 cm³/mol. The first-order valence-electron chi connectivity index (χ1n) is 4.94. The molecule has 0 aliphatic heterocycles. The van der Waals surface area contributed by atoms with Gasteiger partial charge in [-0.3, -0.25) is 0 Å². The lowest BCUT2D eigenvalue weighted by molar-refractivity contribution is 0.141. The van der Waals surface area contributed by atoms with Gasteiger partial charge in [0.05, 0.1) is 0 Å². The Bertz CT molecular complexity index is 280. The Labute approximate surface area is 116 Å². The van der Waals surface area contributed by atoms with Crippen molar-refractivity contribution in [1.29, 1.82) is 0 Å². The Morgan fingerprint density at radius 2 is 1.40 bits per heavy atom. The molecule has 2 saturated carbocycles. The Balaban J connectivity index is 2.59. The normalized spacial score (nSPS) is 51.0. The molecule has 2 aliphatic rings. The van der Waals surface area contributed by atoms with Crippen molar-refractivity contribution in [2.24, 2.45) is 16.7 Å². The lowest BCUT2D eigenvalue weighted by atomic mass is 9.70. The van der Waals surface area contributed by atoms with Crippen molar-refractivity contribution in [1.82, 2.24) is 0 Å². The molecule has 0 amide bonds. The summed E-state index contributed by atoms with van der Waals surface area (Å²) in [4.78, 5) is 0. The van der Waals surface area contributed by atoms with Crippen molar-refractivity contribution < 1.29 is 0 Å². The molecule has 0 aromatic rings. The zero-order valence-electron chi connectivity index (χ0n) is 8.59. The molecular weight excluding hydrogens is 297 g/mol. The van der Waals surface area contributed by atoms with Gasteiger partial charge in [-0.15, -0.1) is 58.0 Å². The highest BCUT2D eigenvalue weighted by atomic mass is 35.5. The second kappa shape index (κ2) is 3.26. The van der Waals surface area contributed by atoms with E-state index in [1.165, 1.54) is 0 Å². The van der Waals surface area contributed by atoms with Crippen LogP contribution in [0.25, 0.3) is 0 Å². The summed E-state index contributed by atoms with van der Waals surface area (Å²) in [5.41, 5.74) is -0.757. The number of rotatable bonds is 1. The molecule has 2 bridgehead atoms. The summed E-state index contributed by atoms with van der Waals surface area (Å²) >= 11 is 31.7. The first kappa shape index (κ1) is 12.9. The van der Waals surface area contributed by atoms with Crippen LogP contribution in [0.15, 0.2) is 0 Å². The van der Waals surface area contributed by atoms with E-state index in [2.05, 4.69) is 6.92 Å². The zero-order chi connectivity index (χ0) is 11.7. The summed E-state index contributed by atoms with van der Waals surface area (Å²) in [6, 6.07) is 0. The van der Waals surface area contributed by atoms with Crippen LogP contribution in [0, 0.1) is 16.7 Å². The van der Waals surface area contributed by atoms with E-state index in [-0.39, 0.29) is 5.41 Å². The van der Waals surface area contributed by atoms with Crippen molar-refractivity contribution in [3.63, 3.8) is 0 Å². The highest BCUT2D eigenvalue weighted by molar-refractivity contribution is 6.54. The maximum atomic E-state index is 6.39. The first-order chi connectivity index (χ1) is 6.62. The molecule has 0 heterocycles. The number of alkyl halides is 5. The van der Waals surface area contributed by atoms with Crippen molar-refractivity contribution in [3.8, 4) is 0 Å². The summed E-state index contributed by atoms with van der Waals surface area (Å²) in [6.07, 6.45) is 1.44. The molecule has 0 aromatic heterocycles. The third-order valence-corrected chi connectivity index (χ3v) is 7.47. The number of hydrogen-bond acceptors (Lipinski definition) is 0. The van der Waals surface area contributed by atoms with Crippen LogP contribution >= 0.6 is 58.0 Å². The first-order valence-corrected chi connectivity index (χ1v) is 6.99. The third-order valence-electron chi connectivity index (χ3n) is 4.79. The Hall–Kier alpha value is 1.45. The molecule has 0 spiro atoms. The average Bonchev–Trinajstić information content (AvgIpc) is 2.33. The highest BCUT2D eigenvalue weighted by Gasteiger charge is 2.78. The fourth-order valence-corrected chi connectivity index (χ4v) is 6.24. The largest absolute Gasteiger partial charge is 0.127 e. The predicted octanol–water partition coefficient (Wildman–Crippen LogP) is 5.01. The number of hydrogen-bond donors (Lipinski definition) is 0. The maximum Gasteiger partial charge on any atom is 0.127 e. The van der Waals surface area contributed by atoms with Crippen molar-refractivity contribution in [2.75, 3.05) is 5.88 Å². The van der Waals surface area contributed by atoms with E-state index < -0.39 is 14.1 Å². The average molecular weight is 310 g/mol. The van der Waals surface area contributed by atoms with Crippen LogP contribution in [0.2, 0.25) is 0 Å². The standard InChI is InChI=1S/C10H13Cl5/c1-7(5-11)6-3-9(12,13)8(7,2)10(14,15)4-6/h6H,3-5H2,1-2H3. The monoisotopic (exact) mass is 308 g/mol. The summed E-state index contributed by atoms with van der Waals surface area (Å²) in [5, 5.41) is 0. The molecule has 0 nitrogen and oxygen atoms in total. The van der Waals surface area contributed by atoms with E-state index in [9.17, 15) is 0 Å². The van der Waals surface area contributed by atoms with Crippen molar-refractivity contribution in [2.45, 2.75) is 35.4 Å². The van der Waals surface area contributed by atoms with Gasteiger partial charge in [0.1, 0.15) is 8.67 Å². The molecule has 0 radical (unpaired) electrons. The fraction of sp³-hybridized carbons (Fsp3) is 1.00. The van der Waals surface area contributed by atoms with E-state index in [4.69, 9.17) is 58.0 Å². The van der Waals surface area contributed by atoms with E-state index in [1.54, 1.807) is 0 Å². The van der Waals surface area contributed by atoms with Gasteiger partial charge in [0, 0.05) is 11.3 Å². The topological polar surface area (TPSA) is 0 Å². The van der Waals surface area contributed by atoms with Gasteiger partial charge in [-0.2, -0.15) is 0 Å². The number of halogens is 5. The van der Waals surface area contributed by atoms with Crippen molar-refractivity contribution >= 4 is 58.0 Å². The van der Waals surface area contributed by atoms with Crippen LogP contribution in [0.1, 0.15) is 26.7 Å². The van der Waals surface area contributed by atoms with Crippen LogP contribution in [-0.4, -0.2) is 14.5 Å². The van der Waals surface area contributed by atoms with E-state index in [0.717, 1.165) is 12.8 Å². The Morgan fingerprint density at radius 3 is 1.60 bits per heavy atom. The van der Waals surface area contributed by atoms with E-state index in [1.807, 2.05) is 6.92 Å². The van der Waals surface area contributed by atoms with Crippen LogP contribution in [0.3, 0.4) is 0 Å². The second-order valence-electron chi connectivity index (χ2n) is 5.19. The summed E-state index contributed by atoms with van der Waals surface area (Å²) in [5.74, 6) is 0.779. The molecule has 2 rings (SSSR count). The minimum absolute atomic E-state index is 0.193. The van der Waals surface area contributed by atoms with Gasteiger partial charge in [0.2, 0.25) is 0 Å². The molecule has 1 unspecified atom stereocenters. The second-order valence-corrected chi connectivity index (χ2v) is 8.43. The molecule has 2 aliphatic carbocycles. The minimum atomic E-state index is -0.886. The number of fused-ring (bicyclic) bond motifs is 2. The van der Waals surface area contributed by atoms with Crippen LogP contribution in [0.4, 0.5) is 0 Å². The molecule has 88 valence electrons. The molecular formula is C10H13Cl5. The molecule has 0 N–H and O–H groups in total. The SMILES string of the molecule is CC1(CCl)C2CC(Cl)(Cl)C1(C)C(Cl)(Cl)C2. The zero-order valence-corrected chi connectivity index (χ0v) is 12.4. The Morgan fingerprint density at radius 1 is 1.00 bits per heavy atom. The molecule has 2 fully saturated rings.